The quantitative estimate of drug-likeness (QED) is 0.528. The van der Waals surface area contributed by atoms with Gasteiger partial charge in [-0.1, -0.05) is 0 Å². The first kappa shape index (κ1) is 16.6. The molecule has 0 unspecified atom stereocenters. The number of nitrogens with zero attached hydrogens (tertiary/aromatic N) is 1. The summed E-state index contributed by atoms with van der Waals surface area (Å²) in [5.41, 5.74) is 4.15. The Kier molecular flexibility index (Phi) is 5.50. The van der Waals surface area contributed by atoms with Gasteiger partial charge in [0.15, 0.2) is 0 Å². The van der Waals surface area contributed by atoms with Crippen molar-refractivity contribution >= 4 is 18.1 Å². The number of halogens is 5. The number of alkyl halides is 3. The van der Waals surface area contributed by atoms with E-state index in [9.17, 15) is 27.7 Å². The highest BCUT2D eigenvalue weighted by Gasteiger charge is 2.32. The van der Waals surface area contributed by atoms with Crippen LogP contribution in [0.2, 0.25) is 0 Å². The molecule has 9 heteroatoms. The molecule has 0 saturated carbocycles. The summed E-state index contributed by atoms with van der Waals surface area (Å²) in [5.74, 6) is -0.993. The molecule has 0 heterocycles. The SMILES string of the molecule is Cl.N[C@@H](CC(F)(F)F)c1cc([N+](=O)[O-])ccc1F. The number of nitro benzene ring substituents is 1. The van der Waals surface area contributed by atoms with Crippen LogP contribution >= 0.6 is 12.4 Å². The Bertz CT molecular complexity index is 439. The summed E-state index contributed by atoms with van der Waals surface area (Å²) in [4.78, 5) is 9.56. The van der Waals surface area contributed by atoms with E-state index < -0.39 is 40.6 Å². The fourth-order valence-electron chi connectivity index (χ4n) is 1.29. The average Bonchev–Trinajstić information content (AvgIpc) is 2.14. The van der Waals surface area contributed by atoms with E-state index in [2.05, 4.69) is 0 Å². The minimum atomic E-state index is -4.56. The Labute approximate surface area is 105 Å². The highest BCUT2D eigenvalue weighted by molar-refractivity contribution is 5.85. The second-order valence-electron chi connectivity index (χ2n) is 3.39. The van der Waals surface area contributed by atoms with Crippen molar-refractivity contribution in [3.63, 3.8) is 0 Å². The Morgan fingerprint density at radius 2 is 1.94 bits per heavy atom. The molecule has 1 aromatic rings. The lowest BCUT2D eigenvalue weighted by atomic mass is 10.0. The van der Waals surface area contributed by atoms with Gasteiger partial charge in [-0.15, -0.1) is 12.4 Å². The van der Waals surface area contributed by atoms with Crippen LogP contribution < -0.4 is 5.73 Å². The zero-order valence-corrected chi connectivity index (χ0v) is 9.59. The van der Waals surface area contributed by atoms with Crippen molar-refractivity contribution < 1.29 is 22.5 Å². The fourth-order valence-corrected chi connectivity index (χ4v) is 1.29. The number of benzene rings is 1. The topological polar surface area (TPSA) is 69.2 Å². The fraction of sp³-hybridized carbons (Fsp3) is 0.333. The second kappa shape index (κ2) is 5.96. The molecule has 18 heavy (non-hydrogen) atoms. The number of nitro groups is 1. The van der Waals surface area contributed by atoms with Gasteiger partial charge in [0, 0.05) is 23.7 Å². The minimum absolute atomic E-state index is 0. The summed E-state index contributed by atoms with van der Waals surface area (Å²) in [7, 11) is 0. The van der Waals surface area contributed by atoms with Crippen molar-refractivity contribution in [2.45, 2.75) is 18.6 Å². The average molecular weight is 289 g/mol. The molecule has 4 nitrogen and oxygen atoms in total. The molecule has 0 aromatic heterocycles. The minimum Gasteiger partial charge on any atom is -0.324 e. The van der Waals surface area contributed by atoms with Crippen molar-refractivity contribution in [2.24, 2.45) is 5.73 Å². The van der Waals surface area contributed by atoms with Crippen LogP contribution in [-0.4, -0.2) is 11.1 Å². The van der Waals surface area contributed by atoms with Gasteiger partial charge in [-0.05, 0) is 6.07 Å². The van der Waals surface area contributed by atoms with Crippen LogP contribution in [0.3, 0.4) is 0 Å². The summed E-state index contributed by atoms with van der Waals surface area (Å²) < 4.78 is 49.3. The van der Waals surface area contributed by atoms with Crippen molar-refractivity contribution in [1.29, 1.82) is 0 Å². The van der Waals surface area contributed by atoms with Gasteiger partial charge in [-0.3, -0.25) is 10.1 Å². The van der Waals surface area contributed by atoms with Gasteiger partial charge in [0.05, 0.1) is 11.3 Å². The maximum atomic E-state index is 13.2. The van der Waals surface area contributed by atoms with E-state index in [1.807, 2.05) is 0 Å². The Hall–Kier alpha value is -1.41. The van der Waals surface area contributed by atoms with Gasteiger partial charge in [-0.2, -0.15) is 13.2 Å². The molecule has 0 fully saturated rings. The van der Waals surface area contributed by atoms with Crippen LogP contribution in [-0.2, 0) is 0 Å². The van der Waals surface area contributed by atoms with Crippen LogP contribution in [0.1, 0.15) is 18.0 Å². The summed E-state index contributed by atoms with van der Waals surface area (Å²) in [6.45, 7) is 0. The Morgan fingerprint density at radius 3 is 2.39 bits per heavy atom. The Morgan fingerprint density at radius 1 is 1.39 bits per heavy atom. The number of non-ortho nitro benzene ring substituents is 1. The summed E-state index contributed by atoms with van der Waals surface area (Å²) in [5, 5.41) is 10.4. The highest BCUT2D eigenvalue weighted by atomic mass is 35.5. The molecule has 102 valence electrons. The molecule has 0 aliphatic heterocycles. The third kappa shape index (κ3) is 4.46. The molecular weight excluding hydrogens is 280 g/mol. The molecular formula is C9H9ClF4N2O2. The predicted octanol–water partition coefficient (Wildman–Crippen LogP) is 3.11. The van der Waals surface area contributed by atoms with Gasteiger partial charge < -0.3 is 5.73 Å². The summed E-state index contributed by atoms with van der Waals surface area (Å²) in [6.07, 6.45) is -6.00. The number of nitrogens with two attached hydrogens (primary N) is 1. The van der Waals surface area contributed by atoms with Gasteiger partial charge in [0.1, 0.15) is 5.82 Å². The van der Waals surface area contributed by atoms with E-state index in [1.54, 1.807) is 0 Å². The molecule has 1 atom stereocenters. The normalized spacial score (nSPS) is 12.7. The van der Waals surface area contributed by atoms with E-state index in [-0.39, 0.29) is 12.4 Å². The van der Waals surface area contributed by atoms with Gasteiger partial charge in [0.25, 0.3) is 5.69 Å². The molecule has 0 bridgehead atoms. The lowest BCUT2D eigenvalue weighted by Gasteiger charge is -2.14. The maximum Gasteiger partial charge on any atom is 0.390 e. The molecule has 0 amide bonds. The Balaban J connectivity index is 0.00000289. The van der Waals surface area contributed by atoms with Gasteiger partial charge in [0.2, 0.25) is 0 Å². The summed E-state index contributed by atoms with van der Waals surface area (Å²) in [6, 6.07) is 0.643. The molecule has 0 aliphatic rings. The van der Waals surface area contributed by atoms with E-state index >= 15 is 0 Å². The van der Waals surface area contributed by atoms with Crippen molar-refractivity contribution in [3.8, 4) is 0 Å². The molecule has 2 N–H and O–H groups in total. The van der Waals surface area contributed by atoms with Gasteiger partial charge in [-0.25, -0.2) is 4.39 Å². The molecule has 0 saturated heterocycles. The molecule has 0 aliphatic carbocycles. The second-order valence-corrected chi connectivity index (χ2v) is 3.39. The lowest BCUT2D eigenvalue weighted by molar-refractivity contribution is -0.385. The maximum absolute atomic E-state index is 13.2. The van der Waals surface area contributed by atoms with Crippen LogP contribution in [0.25, 0.3) is 0 Å². The van der Waals surface area contributed by atoms with Crippen molar-refractivity contribution in [1.82, 2.24) is 0 Å². The third-order valence-corrected chi connectivity index (χ3v) is 2.04. The molecule has 0 spiro atoms. The number of rotatable bonds is 3. The van der Waals surface area contributed by atoms with Crippen LogP contribution in [0.4, 0.5) is 23.2 Å². The lowest BCUT2D eigenvalue weighted by Crippen LogP contribution is -2.21. The zero-order valence-electron chi connectivity index (χ0n) is 8.78. The van der Waals surface area contributed by atoms with E-state index in [1.165, 1.54) is 0 Å². The smallest absolute Gasteiger partial charge is 0.324 e. The standard InChI is InChI=1S/C9H8F4N2O2.ClH/c10-7-2-1-5(15(16)17)3-6(7)8(14)4-9(11,12)13;/h1-3,8H,4,14H2;1H/t8-;/m0./s1. The largest absolute Gasteiger partial charge is 0.390 e. The highest BCUT2D eigenvalue weighted by Crippen LogP contribution is 2.30. The molecule has 0 radical (unpaired) electrons. The molecule has 1 aromatic carbocycles. The molecule has 1 rings (SSSR count). The van der Waals surface area contributed by atoms with Gasteiger partial charge >= 0.3 is 6.18 Å². The number of hydrogen-bond donors (Lipinski definition) is 1. The first-order valence-corrected chi connectivity index (χ1v) is 4.47. The predicted molar refractivity (Wildman–Crippen MR) is 57.9 cm³/mol. The van der Waals surface area contributed by atoms with Crippen molar-refractivity contribution in [3.05, 3.63) is 39.7 Å². The third-order valence-electron chi connectivity index (χ3n) is 2.04. The van der Waals surface area contributed by atoms with Crippen LogP contribution in [0.15, 0.2) is 18.2 Å². The summed E-state index contributed by atoms with van der Waals surface area (Å²) >= 11 is 0. The monoisotopic (exact) mass is 288 g/mol. The first-order valence-electron chi connectivity index (χ1n) is 4.47. The zero-order chi connectivity index (χ0) is 13.2. The van der Waals surface area contributed by atoms with Crippen molar-refractivity contribution in [2.75, 3.05) is 0 Å². The van der Waals surface area contributed by atoms with E-state index in [0.29, 0.717) is 6.07 Å². The van der Waals surface area contributed by atoms with E-state index in [0.717, 1.165) is 12.1 Å². The van der Waals surface area contributed by atoms with Crippen LogP contribution in [0, 0.1) is 15.9 Å². The van der Waals surface area contributed by atoms with Crippen LogP contribution in [0.5, 0.6) is 0 Å². The number of hydrogen-bond acceptors (Lipinski definition) is 3. The van der Waals surface area contributed by atoms with E-state index in [4.69, 9.17) is 5.73 Å². The first-order chi connectivity index (χ1) is 7.70.